The summed E-state index contributed by atoms with van der Waals surface area (Å²) in [6.07, 6.45) is 1.88. The highest BCUT2D eigenvalue weighted by atomic mass is 16.5. The smallest absolute Gasteiger partial charge is 0.242 e. The van der Waals surface area contributed by atoms with Gasteiger partial charge < -0.3 is 14.2 Å². The zero-order valence-electron chi connectivity index (χ0n) is 13.5. The predicted molar refractivity (Wildman–Crippen MR) is 89.5 cm³/mol. The maximum atomic E-state index is 12.0. The molecule has 23 heavy (non-hydrogen) atoms. The molecule has 5 heteroatoms. The number of ether oxygens (including phenoxy) is 1. The minimum absolute atomic E-state index is 0.0384. The van der Waals surface area contributed by atoms with Gasteiger partial charge in [-0.1, -0.05) is 0 Å². The van der Waals surface area contributed by atoms with E-state index in [1.807, 2.05) is 53.2 Å². The summed E-state index contributed by atoms with van der Waals surface area (Å²) < 4.78 is 7.06. The van der Waals surface area contributed by atoms with E-state index in [0.29, 0.717) is 0 Å². The molecule has 0 atom stereocenters. The number of carbonyl (C=O) groups is 1. The number of likely N-dealkylation sites (N-methyl/N-ethyl adjacent to an activating group) is 1. The Balaban J connectivity index is 1.97. The van der Waals surface area contributed by atoms with Crippen molar-refractivity contribution in [3.05, 3.63) is 48.7 Å². The fourth-order valence-corrected chi connectivity index (χ4v) is 2.42. The molecule has 0 aromatic heterocycles. The van der Waals surface area contributed by atoms with Crippen LogP contribution in [0.15, 0.2) is 48.7 Å². The lowest BCUT2D eigenvalue weighted by atomic mass is 10.1. The van der Waals surface area contributed by atoms with Gasteiger partial charge >= 0.3 is 0 Å². The lowest BCUT2D eigenvalue weighted by Crippen LogP contribution is -2.26. The highest BCUT2D eigenvalue weighted by Gasteiger charge is 2.15. The first kappa shape index (κ1) is 15.1. The number of aromatic nitrogens is 2. The molecule has 0 radical (unpaired) electrons. The topological polar surface area (TPSA) is 47.4 Å². The fraction of sp³-hybridized carbons (Fsp3) is 0.222. The van der Waals surface area contributed by atoms with E-state index in [-0.39, 0.29) is 12.5 Å². The molecule has 0 unspecified atom stereocenters. The van der Waals surface area contributed by atoms with Crippen molar-refractivity contribution in [3.8, 4) is 28.4 Å². The SMILES string of the molecule is COc1ccc(-c2cc3cccn(CC(=O)N(C)C)c-3n2)cc1. The maximum Gasteiger partial charge on any atom is 0.242 e. The second kappa shape index (κ2) is 6.12. The van der Waals surface area contributed by atoms with E-state index in [0.717, 1.165) is 28.4 Å². The number of amides is 1. The van der Waals surface area contributed by atoms with Gasteiger partial charge in [0.15, 0.2) is 0 Å². The summed E-state index contributed by atoms with van der Waals surface area (Å²) >= 11 is 0. The van der Waals surface area contributed by atoms with Crippen molar-refractivity contribution < 1.29 is 9.53 Å². The van der Waals surface area contributed by atoms with Crippen molar-refractivity contribution in [2.45, 2.75) is 6.54 Å². The predicted octanol–water partition coefficient (Wildman–Crippen LogP) is 2.75. The molecule has 0 saturated heterocycles. The van der Waals surface area contributed by atoms with Crippen molar-refractivity contribution in [3.63, 3.8) is 0 Å². The quantitative estimate of drug-likeness (QED) is 0.744. The Bertz CT molecular complexity index is 790. The van der Waals surface area contributed by atoms with E-state index < -0.39 is 0 Å². The number of rotatable bonds is 4. The number of fused-ring (bicyclic) bond motifs is 1. The zero-order chi connectivity index (χ0) is 16.4. The van der Waals surface area contributed by atoms with Crippen molar-refractivity contribution in [1.29, 1.82) is 0 Å². The van der Waals surface area contributed by atoms with Gasteiger partial charge in [-0.3, -0.25) is 4.79 Å². The lowest BCUT2D eigenvalue weighted by Gasteiger charge is -2.14. The van der Waals surface area contributed by atoms with E-state index in [1.165, 1.54) is 0 Å². The van der Waals surface area contributed by atoms with Crippen LogP contribution in [0.25, 0.3) is 22.6 Å². The lowest BCUT2D eigenvalue weighted by molar-refractivity contribution is -0.129. The zero-order valence-corrected chi connectivity index (χ0v) is 13.5. The fourth-order valence-electron chi connectivity index (χ4n) is 2.42. The molecule has 5 nitrogen and oxygen atoms in total. The molecule has 2 aliphatic heterocycles. The Kier molecular flexibility index (Phi) is 4.02. The molecule has 2 aliphatic rings. The summed E-state index contributed by atoms with van der Waals surface area (Å²) in [4.78, 5) is 18.3. The van der Waals surface area contributed by atoms with Crippen LogP contribution in [-0.4, -0.2) is 41.6 Å². The Morgan fingerprint density at radius 2 is 1.91 bits per heavy atom. The van der Waals surface area contributed by atoms with Crippen LogP contribution in [0, 0.1) is 0 Å². The summed E-state index contributed by atoms with van der Waals surface area (Å²) in [6.45, 7) is 0.281. The van der Waals surface area contributed by atoms with E-state index in [4.69, 9.17) is 9.72 Å². The second-order valence-corrected chi connectivity index (χ2v) is 5.57. The van der Waals surface area contributed by atoms with Crippen LogP contribution in [0.1, 0.15) is 0 Å². The number of nitrogens with zero attached hydrogens (tertiary/aromatic N) is 3. The number of hydrogen-bond acceptors (Lipinski definition) is 3. The Labute approximate surface area is 135 Å². The molecule has 1 amide bonds. The summed E-state index contributed by atoms with van der Waals surface area (Å²) in [5.41, 5.74) is 2.93. The van der Waals surface area contributed by atoms with Gasteiger partial charge in [-0.2, -0.15) is 0 Å². The van der Waals surface area contributed by atoms with Gasteiger partial charge in [-0.05, 0) is 42.5 Å². The molecular formula is C18H19N3O2. The van der Waals surface area contributed by atoms with E-state index in [1.54, 1.807) is 26.1 Å². The summed E-state index contributed by atoms with van der Waals surface area (Å²) in [5.74, 6) is 1.67. The minimum atomic E-state index is 0.0384. The van der Waals surface area contributed by atoms with E-state index >= 15 is 0 Å². The molecule has 0 N–H and O–H groups in total. The Morgan fingerprint density at radius 3 is 2.57 bits per heavy atom. The van der Waals surface area contributed by atoms with Gasteiger partial charge in [-0.25, -0.2) is 4.98 Å². The van der Waals surface area contributed by atoms with Gasteiger partial charge in [0.25, 0.3) is 0 Å². The van der Waals surface area contributed by atoms with Gasteiger partial charge in [-0.15, -0.1) is 0 Å². The Hall–Kier alpha value is -2.82. The summed E-state index contributed by atoms with van der Waals surface area (Å²) in [5, 5.41) is 0. The molecule has 118 valence electrons. The molecule has 1 aromatic rings. The van der Waals surface area contributed by atoms with Crippen molar-refractivity contribution in [2.75, 3.05) is 21.2 Å². The third-order valence-electron chi connectivity index (χ3n) is 3.78. The number of carbonyl (C=O) groups excluding carboxylic acids is 1. The number of pyridine rings is 1. The van der Waals surface area contributed by atoms with Crippen molar-refractivity contribution in [1.82, 2.24) is 14.5 Å². The van der Waals surface area contributed by atoms with Crippen LogP contribution < -0.4 is 4.74 Å². The third kappa shape index (κ3) is 3.04. The highest BCUT2D eigenvalue weighted by molar-refractivity contribution is 5.77. The van der Waals surface area contributed by atoms with Crippen molar-refractivity contribution >= 4 is 5.91 Å². The first-order valence-corrected chi connectivity index (χ1v) is 7.39. The molecule has 2 heterocycles. The van der Waals surface area contributed by atoms with Crippen molar-refractivity contribution in [2.24, 2.45) is 0 Å². The van der Waals surface area contributed by atoms with Crippen LogP contribution in [-0.2, 0) is 11.3 Å². The molecule has 0 spiro atoms. The minimum Gasteiger partial charge on any atom is -0.497 e. The van der Waals surface area contributed by atoms with Crippen LogP contribution in [0.4, 0.5) is 0 Å². The van der Waals surface area contributed by atoms with Crippen LogP contribution in [0.5, 0.6) is 5.75 Å². The standard InChI is InChI=1S/C18H19N3O2/c1-20(2)17(22)12-21-10-4-5-14-11-16(19-18(14)21)13-6-8-15(23-3)9-7-13/h4-11H,12H2,1-3H3. The largest absolute Gasteiger partial charge is 0.497 e. The Morgan fingerprint density at radius 1 is 1.17 bits per heavy atom. The van der Waals surface area contributed by atoms with Gasteiger partial charge in [0.05, 0.1) is 12.8 Å². The van der Waals surface area contributed by atoms with Crippen LogP contribution in [0.3, 0.4) is 0 Å². The second-order valence-electron chi connectivity index (χ2n) is 5.57. The normalized spacial score (nSPS) is 10.7. The molecule has 0 aliphatic carbocycles. The van der Waals surface area contributed by atoms with Crippen LogP contribution >= 0.6 is 0 Å². The van der Waals surface area contributed by atoms with E-state index in [9.17, 15) is 4.79 Å². The molecule has 3 rings (SSSR count). The summed E-state index contributed by atoms with van der Waals surface area (Å²) in [7, 11) is 5.16. The number of benzene rings is 1. The van der Waals surface area contributed by atoms with Gasteiger partial charge in [0.2, 0.25) is 5.91 Å². The monoisotopic (exact) mass is 309 g/mol. The van der Waals surface area contributed by atoms with Gasteiger partial charge in [0.1, 0.15) is 18.1 Å². The average Bonchev–Trinajstić information content (AvgIpc) is 3.00. The average molecular weight is 309 g/mol. The third-order valence-corrected chi connectivity index (χ3v) is 3.78. The molecule has 0 bridgehead atoms. The van der Waals surface area contributed by atoms with E-state index in [2.05, 4.69) is 0 Å². The molecular weight excluding hydrogens is 290 g/mol. The van der Waals surface area contributed by atoms with Crippen LogP contribution in [0.2, 0.25) is 0 Å². The maximum absolute atomic E-state index is 12.0. The molecule has 0 saturated carbocycles. The summed E-state index contributed by atoms with van der Waals surface area (Å²) in [6, 6.07) is 13.8. The van der Waals surface area contributed by atoms with Gasteiger partial charge in [0, 0.05) is 31.4 Å². The number of hydrogen-bond donors (Lipinski definition) is 0. The first-order valence-electron chi connectivity index (χ1n) is 7.39. The molecule has 0 fully saturated rings. The number of methoxy groups -OCH3 is 1. The molecule has 1 aromatic carbocycles. The highest BCUT2D eigenvalue weighted by Crippen LogP contribution is 2.29. The first-order chi connectivity index (χ1) is 11.1.